The Hall–Kier alpha value is -1.59. The molecule has 2 aromatic rings. The van der Waals surface area contributed by atoms with Crippen LogP contribution >= 0.6 is 0 Å². The van der Waals surface area contributed by atoms with Gasteiger partial charge in [-0.25, -0.2) is 9.18 Å². The standard InChI is InChI=1S/C19H24FNO3.ClH/c1-19(2,3)24-18(22)12-7-9-15-16(17(12)20)13-10-11(21(4)5)6-8-14(13)23-15;/h7,9,11H,6,8,10H2,1-5H3;1H. The molecule has 1 aromatic carbocycles. The molecule has 0 fully saturated rings. The number of fused-ring (bicyclic) bond motifs is 3. The van der Waals surface area contributed by atoms with Crippen molar-refractivity contribution in [2.24, 2.45) is 0 Å². The number of esters is 1. The van der Waals surface area contributed by atoms with Crippen molar-refractivity contribution in [1.29, 1.82) is 0 Å². The number of hydrogen-bond acceptors (Lipinski definition) is 3. The van der Waals surface area contributed by atoms with Gasteiger partial charge in [0.1, 0.15) is 22.8 Å². The predicted octanol–water partition coefficient (Wildman–Crippen LogP) is -0.467. The van der Waals surface area contributed by atoms with Crippen LogP contribution in [0.2, 0.25) is 0 Å². The van der Waals surface area contributed by atoms with Crippen molar-refractivity contribution in [2.45, 2.75) is 51.7 Å². The Kier molecular flexibility index (Phi) is 5.50. The summed E-state index contributed by atoms with van der Waals surface area (Å²) >= 11 is 0. The van der Waals surface area contributed by atoms with E-state index >= 15 is 4.39 Å². The zero-order chi connectivity index (χ0) is 17.6. The molecule has 0 radical (unpaired) electrons. The maximum absolute atomic E-state index is 15.1. The summed E-state index contributed by atoms with van der Waals surface area (Å²) in [6, 6.07) is 3.56. The number of rotatable bonds is 2. The largest absolute Gasteiger partial charge is 1.00 e. The molecule has 1 heterocycles. The maximum Gasteiger partial charge on any atom is 0.341 e. The molecule has 1 aromatic heterocycles. The van der Waals surface area contributed by atoms with E-state index in [1.54, 1.807) is 26.8 Å². The van der Waals surface area contributed by atoms with Gasteiger partial charge in [0.05, 0.1) is 31.1 Å². The van der Waals surface area contributed by atoms with Gasteiger partial charge in [-0.15, -0.1) is 0 Å². The summed E-state index contributed by atoms with van der Waals surface area (Å²) < 4.78 is 26.2. The third kappa shape index (κ3) is 3.82. The first-order chi connectivity index (χ1) is 11.2. The Balaban J connectivity index is 0.00000225. The lowest BCUT2D eigenvalue weighted by Crippen LogP contribution is -3.10. The summed E-state index contributed by atoms with van der Waals surface area (Å²) in [5.41, 5.74) is 0.734. The fourth-order valence-corrected chi connectivity index (χ4v) is 3.31. The quantitative estimate of drug-likeness (QED) is 0.728. The lowest BCUT2D eigenvalue weighted by molar-refractivity contribution is -0.886. The van der Waals surface area contributed by atoms with Gasteiger partial charge < -0.3 is 26.5 Å². The molecule has 0 bridgehead atoms. The van der Waals surface area contributed by atoms with Gasteiger partial charge in [-0.1, -0.05) is 0 Å². The van der Waals surface area contributed by atoms with Crippen LogP contribution in [0.4, 0.5) is 4.39 Å². The molecule has 4 nitrogen and oxygen atoms in total. The molecule has 0 saturated heterocycles. The van der Waals surface area contributed by atoms with E-state index < -0.39 is 17.4 Å². The smallest absolute Gasteiger partial charge is 0.341 e. The number of carbonyl (C=O) groups excluding carboxylic acids is 1. The molecular formula is C19H25ClFNO3. The van der Waals surface area contributed by atoms with E-state index in [1.165, 1.54) is 11.0 Å². The van der Waals surface area contributed by atoms with Crippen LogP contribution in [-0.4, -0.2) is 31.7 Å². The van der Waals surface area contributed by atoms with Gasteiger partial charge in [0.25, 0.3) is 0 Å². The number of carbonyl (C=O) groups is 1. The van der Waals surface area contributed by atoms with Crippen molar-refractivity contribution in [3.8, 4) is 0 Å². The van der Waals surface area contributed by atoms with Crippen LogP contribution in [0.5, 0.6) is 0 Å². The summed E-state index contributed by atoms with van der Waals surface area (Å²) in [5, 5.41) is 0.444. The molecule has 1 N–H and O–H groups in total. The van der Waals surface area contributed by atoms with Crippen LogP contribution < -0.4 is 17.3 Å². The molecule has 1 aliphatic rings. The van der Waals surface area contributed by atoms with Gasteiger partial charge >= 0.3 is 5.97 Å². The molecule has 0 amide bonds. The zero-order valence-corrected chi connectivity index (χ0v) is 16.1. The molecule has 1 aliphatic carbocycles. The van der Waals surface area contributed by atoms with Crippen molar-refractivity contribution in [2.75, 3.05) is 14.1 Å². The summed E-state index contributed by atoms with van der Waals surface area (Å²) in [6.07, 6.45) is 2.59. The number of furan rings is 1. The van der Waals surface area contributed by atoms with E-state index in [4.69, 9.17) is 9.15 Å². The van der Waals surface area contributed by atoms with Crippen LogP contribution in [0.1, 0.15) is 48.9 Å². The first kappa shape index (κ1) is 19.7. The second kappa shape index (κ2) is 6.96. The van der Waals surface area contributed by atoms with Crippen LogP contribution in [-0.2, 0) is 17.6 Å². The van der Waals surface area contributed by atoms with Crippen molar-refractivity contribution in [3.05, 3.63) is 34.8 Å². The van der Waals surface area contributed by atoms with Crippen LogP contribution in [0, 0.1) is 5.82 Å². The number of quaternary nitrogens is 1. The Morgan fingerprint density at radius 1 is 1.32 bits per heavy atom. The van der Waals surface area contributed by atoms with Gasteiger partial charge in [-0.2, -0.15) is 0 Å². The average Bonchev–Trinajstić information content (AvgIpc) is 2.83. The maximum atomic E-state index is 15.1. The Morgan fingerprint density at radius 2 is 2.00 bits per heavy atom. The highest BCUT2D eigenvalue weighted by Gasteiger charge is 2.31. The SMILES string of the molecule is C[NH+](C)C1CCc2oc3ccc(C(=O)OC(C)(C)C)c(F)c3c2C1.[Cl-]. The van der Waals surface area contributed by atoms with E-state index in [2.05, 4.69) is 14.1 Å². The van der Waals surface area contributed by atoms with E-state index in [0.29, 0.717) is 17.0 Å². The van der Waals surface area contributed by atoms with Crippen LogP contribution in [0.25, 0.3) is 11.0 Å². The second-order valence-corrected chi connectivity index (χ2v) is 7.82. The van der Waals surface area contributed by atoms with Crippen molar-refractivity contribution < 1.29 is 35.6 Å². The minimum Gasteiger partial charge on any atom is -1.00 e. The monoisotopic (exact) mass is 369 g/mol. The average molecular weight is 370 g/mol. The van der Waals surface area contributed by atoms with Crippen molar-refractivity contribution in [3.63, 3.8) is 0 Å². The first-order valence-corrected chi connectivity index (χ1v) is 8.43. The number of aryl methyl sites for hydroxylation is 1. The molecule has 0 aliphatic heterocycles. The summed E-state index contributed by atoms with van der Waals surface area (Å²) in [5.74, 6) is -0.314. The molecule has 1 atom stereocenters. The first-order valence-electron chi connectivity index (χ1n) is 8.43. The summed E-state index contributed by atoms with van der Waals surface area (Å²) in [7, 11) is 4.22. The highest BCUT2D eigenvalue weighted by Crippen LogP contribution is 2.34. The number of nitrogens with one attached hydrogen (secondary N) is 1. The normalized spacial score (nSPS) is 17.3. The van der Waals surface area contributed by atoms with Crippen molar-refractivity contribution in [1.82, 2.24) is 0 Å². The topological polar surface area (TPSA) is 43.9 Å². The Labute approximate surface area is 153 Å². The lowest BCUT2D eigenvalue weighted by Gasteiger charge is -2.24. The number of hydrogen-bond donors (Lipinski definition) is 1. The molecule has 3 rings (SSSR count). The molecule has 6 heteroatoms. The Bertz CT molecular complexity index is 792. The van der Waals surface area contributed by atoms with Gasteiger partial charge in [0, 0.05) is 24.8 Å². The second-order valence-electron chi connectivity index (χ2n) is 7.82. The number of ether oxygens (including phenoxy) is 1. The fraction of sp³-hybridized carbons (Fsp3) is 0.526. The fourth-order valence-electron chi connectivity index (χ4n) is 3.31. The van der Waals surface area contributed by atoms with E-state index in [-0.39, 0.29) is 18.0 Å². The predicted molar refractivity (Wildman–Crippen MR) is 90.0 cm³/mol. The van der Waals surface area contributed by atoms with E-state index in [9.17, 15) is 4.79 Å². The summed E-state index contributed by atoms with van der Waals surface area (Å²) in [4.78, 5) is 13.6. The molecule has 1 unspecified atom stereocenters. The molecule has 25 heavy (non-hydrogen) atoms. The third-order valence-corrected chi connectivity index (χ3v) is 4.58. The minimum absolute atomic E-state index is 0. The van der Waals surface area contributed by atoms with Crippen LogP contribution in [0.15, 0.2) is 16.5 Å². The van der Waals surface area contributed by atoms with Gasteiger partial charge in [-0.3, -0.25) is 0 Å². The summed E-state index contributed by atoms with van der Waals surface area (Å²) in [6.45, 7) is 5.31. The minimum atomic E-state index is -0.659. The lowest BCUT2D eigenvalue weighted by atomic mass is 9.90. The third-order valence-electron chi connectivity index (χ3n) is 4.58. The van der Waals surface area contributed by atoms with Gasteiger partial charge in [0.15, 0.2) is 0 Å². The highest BCUT2D eigenvalue weighted by atomic mass is 35.5. The van der Waals surface area contributed by atoms with E-state index in [0.717, 1.165) is 30.6 Å². The Morgan fingerprint density at radius 3 is 2.60 bits per heavy atom. The molecule has 138 valence electrons. The van der Waals surface area contributed by atoms with E-state index in [1.807, 2.05) is 0 Å². The van der Waals surface area contributed by atoms with Gasteiger partial charge in [0.2, 0.25) is 0 Å². The molecular weight excluding hydrogens is 345 g/mol. The van der Waals surface area contributed by atoms with Crippen LogP contribution in [0.3, 0.4) is 0 Å². The molecule has 0 spiro atoms. The molecule has 0 saturated carbocycles. The van der Waals surface area contributed by atoms with Crippen molar-refractivity contribution >= 4 is 16.9 Å². The van der Waals surface area contributed by atoms with Gasteiger partial charge in [-0.05, 0) is 32.9 Å². The zero-order valence-electron chi connectivity index (χ0n) is 15.3. The highest BCUT2D eigenvalue weighted by molar-refractivity contribution is 5.96. The number of halogens is 2. The number of likely N-dealkylation sites (N-methyl/N-ethyl adjacent to an activating group) is 1. The number of benzene rings is 1.